The molecule has 5 atom stereocenters. The summed E-state index contributed by atoms with van der Waals surface area (Å²) in [6.07, 6.45) is 1.06. The number of nitrogens with one attached hydrogen (secondary N) is 3. The topological polar surface area (TPSA) is 118 Å². The van der Waals surface area contributed by atoms with Gasteiger partial charge in [-0.05, 0) is 50.3 Å². The molecule has 1 aromatic heterocycles. The predicted octanol–water partition coefficient (Wildman–Crippen LogP) is 3.51. The van der Waals surface area contributed by atoms with Crippen LogP contribution in [0.5, 0.6) is 0 Å². The Hall–Kier alpha value is -3.26. The number of hydrogen-bond donors (Lipinski definition) is 3. The SMILES string of the molecule is N#C[C@@H](C[C@@H]1CCCNC1=O)NC(=O)[C@H]1[C@@H]2CC[C@@H](CC2(F)F)N1C(=O)c1cc2c(F)ccc(Cl)c2[nH]1. The first-order valence-electron chi connectivity index (χ1n) is 12.3. The normalized spacial score (nSPS) is 27.4. The number of benzene rings is 1. The van der Waals surface area contributed by atoms with E-state index < -0.39 is 59.9 Å². The molecule has 196 valence electrons. The van der Waals surface area contributed by atoms with E-state index in [2.05, 4.69) is 15.6 Å². The average molecular weight is 536 g/mol. The van der Waals surface area contributed by atoms with Crippen molar-refractivity contribution in [3.8, 4) is 6.07 Å². The molecule has 4 fully saturated rings. The minimum Gasteiger partial charge on any atom is -0.356 e. The van der Waals surface area contributed by atoms with E-state index in [1.54, 1.807) is 0 Å². The maximum absolute atomic E-state index is 15.0. The van der Waals surface area contributed by atoms with Gasteiger partial charge in [0.25, 0.3) is 11.8 Å². The van der Waals surface area contributed by atoms with Crippen molar-refractivity contribution in [1.29, 1.82) is 5.26 Å². The summed E-state index contributed by atoms with van der Waals surface area (Å²) < 4.78 is 44.2. The lowest BCUT2D eigenvalue weighted by Gasteiger charge is -2.53. The molecule has 1 aromatic carbocycles. The number of hydrogen-bond acceptors (Lipinski definition) is 4. The van der Waals surface area contributed by atoms with Gasteiger partial charge >= 0.3 is 0 Å². The number of piperidine rings is 3. The van der Waals surface area contributed by atoms with Crippen LogP contribution < -0.4 is 10.6 Å². The highest BCUT2D eigenvalue weighted by Crippen LogP contribution is 2.49. The zero-order valence-electron chi connectivity index (χ0n) is 19.7. The van der Waals surface area contributed by atoms with E-state index in [0.717, 1.165) is 17.4 Å². The Labute approximate surface area is 215 Å². The van der Waals surface area contributed by atoms with E-state index in [4.69, 9.17) is 11.6 Å². The van der Waals surface area contributed by atoms with Crippen LogP contribution >= 0.6 is 11.6 Å². The fourth-order valence-corrected chi connectivity index (χ4v) is 6.16. The maximum atomic E-state index is 15.0. The Balaban J connectivity index is 1.43. The van der Waals surface area contributed by atoms with Crippen LogP contribution in [0.4, 0.5) is 13.2 Å². The molecule has 6 rings (SSSR count). The lowest BCUT2D eigenvalue weighted by atomic mass is 9.71. The van der Waals surface area contributed by atoms with Gasteiger partial charge in [-0.3, -0.25) is 14.4 Å². The number of H-pyrrole nitrogens is 1. The van der Waals surface area contributed by atoms with Crippen molar-refractivity contribution >= 4 is 40.2 Å². The summed E-state index contributed by atoms with van der Waals surface area (Å²) in [6.45, 7) is 0.541. The number of rotatable bonds is 5. The van der Waals surface area contributed by atoms with Gasteiger partial charge in [0.2, 0.25) is 11.8 Å². The number of amides is 3. The molecule has 3 aliphatic heterocycles. The van der Waals surface area contributed by atoms with E-state index in [1.807, 2.05) is 6.07 Å². The summed E-state index contributed by atoms with van der Waals surface area (Å²) in [5, 5.41) is 15.1. The summed E-state index contributed by atoms with van der Waals surface area (Å²) in [5.41, 5.74) is 0.111. The zero-order valence-corrected chi connectivity index (χ0v) is 20.5. The van der Waals surface area contributed by atoms with Crippen molar-refractivity contribution in [2.75, 3.05) is 6.54 Å². The lowest BCUT2D eigenvalue weighted by molar-refractivity contribution is -0.179. The van der Waals surface area contributed by atoms with Crippen molar-refractivity contribution in [3.05, 3.63) is 34.7 Å². The highest BCUT2D eigenvalue weighted by Gasteiger charge is 2.60. The number of halogens is 4. The van der Waals surface area contributed by atoms with Crippen LogP contribution in [-0.4, -0.2) is 58.2 Å². The summed E-state index contributed by atoms with van der Waals surface area (Å²) in [4.78, 5) is 43.1. The Kier molecular flexibility index (Phi) is 6.56. The number of carbonyl (C=O) groups is 3. The molecular weight excluding hydrogens is 511 g/mol. The smallest absolute Gasteiger partial charge is 0.271 e. The van der Waals surface area contributed by atoms with Gasteiger partial charge in [0, 0.05) is 30.3 Å². The largest absolute Gasteiger partial charge is 0.356 e. The quantitative estimate of drug-likeness (QED) is 0.543. The molecule has 1 aliphatic carbocycles. The van der Waals surface area contributed by atoms with Gasteiger partial charge in [-0.2, -0.15) is 5.26 Å². The molecule has 3 amide bonds. The summed E-state index contributed by atoms with van der Waals surface area (Å²) in [7, 11) is 0. The Morgan fingerprint density at radius 3 is 2.76 bits per heavy atom. The van der Waals surface area contributed by atoms with Crippen LogP contribution in [0.1, 0.15) is 49.0 Å². The van der Waals surface area contributed by atoms with Crippen molar-refractivity contribution in [2.45, 2.75) is 62.6 Å². The molecule has 4 aliphatic rings. The van der Waals surface area contributed by atoms with Gasteiger partial charge in [-0.15, -0.1) is 0 Å². The molecule has 3 saturated heterocycles. The average Bonchev–Trinajstić information content (AvgIpc) is 3.33. The molecule has 1 saturated carbocycles. The first-order valence-corrected chi connectivity index (χ1v) is 12.6. The molecule has 2 aromatic rings. The Morgan fingerprint density at radius 2 is 2.08 bits per heavy atom. The molecule has 0 radical (unpaired) electrons. The zero-order chi connectivity index (χ0) is 26.5. The monoisotopic (exact) mass is 535 g/mol. The molecule has 0 unspecified atom stereocenters. The Morgan fingerprint density at radius 1 is 1.30 bits per heavy atom. The summed E-state index contributed by atoms with van der Waals surface area (Å²) >= 11 is 6.13. The highest BCUT2D eigenvalue weighted by atomic mass is 35.5. The molecule has 3 N–H and O–H groups in total. The van der Waals surface area contributed by atoms with Gasteiger partial charge in [0.05, 0.1) is 22.5 Å². The van der Waals surface area contributed by atoms with Gasteiger partial charge in [-0.1, -0.05) is 11.6 Å². The van der Waals surface area contributed by atoms with Crippen LogP contribution in [0.3, 0.4) is 0 Å². The molecule has 2 bridgehead atoms. The van der Waals surface area contributed by atoms with Crippen molar-refractivity contribution in [2.24, 2.45) is 11.8 Å². The van der Waals surface area contributed by atoms with E-state index >= 15 is 0 Å². The van der Waals surface area contributed by atoms with Crippen molar-refractivity contribution in [3.63, 3.8) is 0 Å². The molecular formula is C25H25ClF3N5O3. The lowest BCUT2D eigenvalue weighted by Crippen LogP contribution is -2.68. The number of fused-ring (bicyclic) bond motifs is 4. The predicted molar refractivity (Wildman–Crippen MR) is 127 cm³/mol. The molecule has 8 nitrogen and oxygen atoms in total. The fraction of sp³-hybridized carbons (Fsp3) is 0.520. The van der Waals surface area contributed by atoms with E-state index in [9.17, 15) is 32.8 Å². The van der Waals surface area contributed by atoms with Gasteiger partial charge in [0.15, 0.2) is 0 Å². The number of alkyl halides is 2. The number of aromatic nitrogens is 1. The van der Waals surface area contributed by atoms with Crippen LogP contribution in [0, 0.1) is 29.0 Å². The molecule has 4 heterocycles. The molecule has 12 heteroatoms. The van der Waals surface area contributed by atoms with E-state index in [-0.39, 0.29) is 46.8 Å². The van der Waals surface area contributed by atoms with Crippen LogP contribution in [0.25, 0.3) is 10.9 Å². The molecule has 37 heavy (non-hydrogen) atoms. The third kappa shape index (κ3) is 4.52. The summed E-state index contributed by atoms with van der Waals surface area (Å²) in [5.74, 6) is -7.52. The number of aromatic amines is 1. The van der Waals surface area contributed by atoms with E-state index in [0.29, 0.717) is 13.0 Å². The van der Waals surface area contributed by atoms with Crippen molar-refractivity contribution < 1.29 is 27.6 Å². The molecule has 0 spiro atoms. The fourth-order valence-electron chi connectivity index (χ4n) is 5.95. The van der Waals surface area contributed by atoms with Gasteiger partial charge in [0.1, 0.15) is 23.6 Å². The van der Waals surface area contributed by atoms with Crippen LogP contribution in [0.2, 0.25) is 5.02 Å². The van der Waals surface area contributed by atoms with Gasteiger partial charge in [-0.25, -0.2) is 13.2 Å². The number of carbonyl (C=O) groups excluding carboxylic acids is 3. The van der Waals surface area contributed by atoms with E-state index in [1.165, 1.54) is 12.1 Å². The first-order chi connectivity index (χ1) is 17.6. The highest BCUT2D eigenvalue weighted by molar-refractivity contribution is 6.35. The number of nitriles is 1. The van der Waals surface area contributed by atoms with Crippen LogP contribution in [-0.2, 0) is 9.59 Å². The van der Waals surface area contributed by atoms with Gasteiger partial charge < -0.3 is 20.5 Å². The van der Waals surface area contributed by atoms with Crippen molar-refractivity contribution in [1.82, 2.24) is 20.5 Å². The minimum absolute atomic E-state index is 0.0366. The minimum atomic E-state index is -3.18. The first kappa shape index (κ1) is 25.4. The second-order valence-corrected chi connectivity index (χ2v) is 10.4. The summed E-state index contributed by atoms with van der Waals surface area (Å²) in [6, 6.07) is 2.15. The second-order valence-electron chi connectivity index (χ2n) is 10.0. The maximum Gasteiger partial charge on any atom is 0.271 e. The second kappa shape index (κ2) is 9.56. The Bertz CT molecular complexity index is 1270. The van der Waals surface area contributed by atoms with Crippen LogP contribution in [0.15, 0.2) is 18.2 Å². The number of nitrogens with zero attached hydrogens (tertiary/aromatic N) is 2. The third-order valence-electron chi connectivity index (χ3n) is 7.75. The third-order valence-corrected chi connectivity index (χ3v) is 8.07. The standard InChI is InChI=1S/C25H25ClF3N5O3/c26-17-5-6-18(27)15-9-19(33-20(15)17)24(37)34-14-3-4-16(25(28,29)10-14)21(34)23(36)32-13(11-30)8-12-2-1-7-31-22(12)35/h5-6,9,12-14,16,21,33H,1-4,7-8,10H2,(H,31,35)(H,32,36)/t12-,13+,14-,16-,21+/m0/s1.